The number of sulfonamides is 1. The first-order chi connectivity index (χ1) is 13.3. The Morgan fingerprint density at radius 1 is 1.00 bits per heavy atom. The largest absolute Gasteiger partial charge is 0.423 e. The summed E-state index contributed by atoms with van der Waals surface area (Å²) in [7, 11) is -3.86. The Kier molecular flexibility index (Phi) is 4.27. The van der Waals surface area contributed by atoms with Crippen molar-refractivity contribution in [2.45, 2.75) is 18.7 Å². The maximum Gasteiger partial charge on any atom is 0.336 e. The molecule has 4 rings (SSSR count). The van der Waals surface area contributed by atoms with E-state index in [4.69, 9.17) is 4.42 Å². The van der Waals surface area contributed by atoms with Gasteiger partial charge < -0.3 is 4.42 Å². The normalized spacial score (nSPS) is 11.6. The van der Waals surface area contributed by atoms with Gasteiger partial charge in [-0.15, -0.1) is 0 Å². The van der Waals surface area contributed by atoms with E-state index in [-0.39, 0.29) is 4.90 Å². The molecule has 0 spiro atoms. The standard InChI is InChI=1S/C20H17N3O4S/c1-13-11-14(2)23(21-13)18-6-4-3-5-17(18)22-28(25,26)16-8-9-19-15(12-16)7-10-20(24)27-19/h3-12,22H,1-2H3. The fourth-order valence-electron chi connectivity index (χ4n) is 3.04. The Bertz CT molecular complexity index is 1350. The van der Waals surface area contributed by atoms with E-state index in [0.717, 1.165) is 11.4 Å². The van der Waals surface area contributed by atoms with Gasteiger partial charge in [0.25, 0.3) is 10.0 Å². The van der Waals surface area contributed by atoms with Gasteiger partial charge in [-0.3, -0.25) is 4.72 Å². The van der Waals surface area contributed by atoms with Crippen LogP contribution in [0.15, 0.2) is 74.8 Å². The van der Waals surface area contributed by atoms with E-state index in [0.29, 0.717) is 22.3 Å². The minimum Gasteiger partial charge on any atom is -0.423 e. The summed E-state index contributed by atoms with van der Waals surface area (Å²) in [6.45, 7) is 3.78. The number of nitrogens with zero attached hydrogens (tertiary/aromatic N) is 2. The molecule has 7 nitrogen and oxygen atoms in total. The van der Waals surface area contributed by atoms with Gasteiger partial charge in [0.2, 0.25) is 0 Å². The van der Waals surface area contributed by atoms with Crippen molar-refractivity contribution in [1.82, 2.24) is 9.78 Å². The molecule has 142 valence electrons. The van der Waals surface area contributed by atoms with Crippen LogP contribution in [-0.4, -0.2) is 18.2 Å². The van der Waals surface area contributed by atoms with Gasteiger partial charge in [-0.1, -0.05) is 12.1 Å². The second-order valence-electron chi connectivity index (χ2n) is 6.42. The number of benzene rings is 2. The van der Waals surface area contributed by atoms with Crippen LogP contribution in [0.25, 0.3) is 16.7 Å². The Morgan fingerprint density at radius 3 is 2.54 bits per heavy atom. The highest BCUT2D eigenvalue weighted by atomic mass is 32.2. The molecule has 0 aliphatic rings. The molecule has 0 bridgehead atoms. The summed E-state index contributed by atoms with van der Waals surface area (Å²) in [6.07, 6.45) is 0. The van der Waals surface area contributed by atoms with Gasteiger partial charge in [-0.05, 0) is 56.3 Å². The van der Waals surface area contributed by atoms with Crippen molar-refractivity contribution in [3.05, 3.63) is 82.5 Å². The van der Waals surface area contributed by atoms with Gasteiger partial charge in [0, 0.05) is 17.1 Å². The average molecular weight is 395 g/mol. The number of rotatable bonds is 4. The van der Waals surface area contributed by atoms with Crippen LogP contribution in [0.3, 0.4) is 0 Å². The summed E-state index contributed by atoms with van der Waals surface area (Å²) in [5.74, 6) is 0. The van der Waals surface area contributed by atoms with Crippen LogP contribution in [0, 0.1) is 13.8 Å². The first-order valence-electron chi connectivity index (χ1n) is 8.53. The van der Waals surface area contributed by atoms with E-state index in [1.807, 2.05) is 26.0 Å². The molecule has 0 radical (unpaired) electrons. The lowest BCUT2D eigenvalue weighted by Gasteiger charge is -2.14. The molecule has 4 aromatic rings. The van der Waals surface area contributed by atoms with Crippen LogP contribution in [0.2, 0.25) is 0 Å². The van der Waals surface area contributed by atoms with Gasteiger partial charge in [0.1, 0.15) is 5.58 Å². The number of aromatic nitrogens is 2. The number of hydrogen-bond acceptors (Lipinski definition) is 5. The molecule has 0 aliphatic carbocycles. The van der Waals surface area contributed by atoms with Crippen molar-refractivity contribution in [3.8, 4) is 5.69 Å². The van der Waals surface area contributed by atoms with Crippen molar-refractivity contribution >= 4 is 26.7 Å². The number of nitrogens with one attached hydrogen (secondary N) is 1. The van der Waals surface area contributed by atoms with Crippen molar-refractivity contribution in [2.24, 2.45) is 0 Å². The van der Waals surface area contributed by atoms with Crippen LogP contribution in [0.5, 0.6) is 0 Å². The topological polar surface area (TPSA) is 94.2 Å². The predicted molar refractivity (Wildman–Crippen MR) is 106 cm³/mol. The third kappa shape index (κ3) is 3.29. The Balaban J connectivity index is 1.76. The van der Waals surface area contributed by atoms with Gasteiger partial charge in [0.15, 0.2) is 0 Å². The molecule has 28 heavy (non-hydrogen) atoms. The molecule has 0 unspecified atom stereocenters. The molecule has 2 heterocycles. The molecule has 0 saturated heterocycles. The monoisotopic (exact) mass is 395 g/mol. The van der Waals surface area contributed by atoms with Gasteiger partial charge in [0.05, 0.1) is 22.0 Å². The summed E-state index contributed by atoms with van der Waals surface area (Å²) in [4.78, 5) is 11.4. The van der Waals surface area contributed by atoms with E-state index in [1.54, 1.807) is 22.9 Å². The Labute approximate surface area is 161 Å². The molecule has 0 amide bonds. The molecule has 1 N–H and O–H groups in total. The zero-order chi connectivity index (χ0) is 19.9. The van der Waals surface area contributed by atoms with Gasteiger partial charge in [-0.2, -0.15) is 5.10 Å². The van der Waals surface area contributed by atoms with E-state index in [9.17, 15) is 13.2 Å². The second-order valence-corrected chi connectivity index (χ2v) is 8.10. The van der Waals surface area contributed by atoms with Gasteiger partial charge in [-0.25, -0.2) is 17.9 Å². The van der Waals surface area contributed by atoms with Crippen molar-refractivity contribution in [3.63, 3.8) is 0 Å². The average Bonchev–Trinajstić information content (AvgIpc) is 2.99. The lowest BCUT2D eigenvalue weighted by Crippen LogP contribution is -2.15. The van der Waals surface area contributed by atoms with E-state index in [2.05, 4.69) is 9.82 Å². The highest BCUT2D eigenvalue weighted by molar-refractivity contribution is 7.92. The minimum atomic E-state index is -3.86. The molecule has 0 saturated carbocycles. The maximum atomic E-state index is 13.0. The van der Waals surface area contributed by atoms with Crippen molar-refractivity contribution in [1.29, 1.82) is 0 Å². The fourth-order valence-corrected chi connectivity index (χ4v) is 4.15. The van der Waals surface area contributed by atoms with Crippen LogP contribution in [-0.2, 0) is 10.0 Å². The van der Waals surface area contributed by atoms with Crippen LogP contribution >= 0.6 is 0 Å². The molecule has 8 heteroatoms. The number of hydrogen-bond donors (Lipinski definition) is 1. The zero-order valence-corrected chi connectivity index (χ0v) is 16.0. The summed E-state index contributed by atoms with van der Waals surface area (Å²) in [5, 5.41) is 4.96. The predicted octanol–water partition coefficient (Wildman–Crippen LogP) is 3.40. The van der Waals surface area contributed by atoms with Crippen LogP contribution < -0.4 is 10.3 Å². The fraction of sp³-hybridized carbons (Fsp3) is 0.100. The lowest BCUT2D eigenvalue weighted by atomic mass is 10.2. The third-order valence-electron chi connectivity index (χ3n) is 4.29. The Hall–Kier alpha value is -3.39. The quantitative estimate of drug-likeness (QED) is 0.535. The highest BCUT2D eigenvalue weighted by Crippen LogP contribution is 2.25. The summed E-state index contributed by atoms with van der Waals surface area (Å²) < 4.78 is 35.3. The van der Waals surface area contributed by atoms with Crippen molar-refractivity contribution < 1.29 is 12.8 Å². The first-order valence-corrected chi connectivity index (χ1v) is 10.0. The first kappa shape index (κ1) is 18.0. The number of para-hydroxylation sites is 2. The Morgan fingerprint density at radius 2 is 1.79 bits per heavy atom. The summed E-state index contributed by atoms with van der Waals surface area (Å²) >= 11 is 0. The number of fused-ring (bicyclic) bond motifs is 1. The molecule has 0 atom stereocenters. The second kappa shape index (κ2) is 6.65. The molecule has 0 fully saturated rings. The third-order valence-corrected chi connectivity index (χ3v) is 5.65. The van der Waals surface area contributed by atoms with Crippen molar-refractivity contribution in [2.75, 3.05) is 4.72 Å². The molecular weight excluding hydrogens is 378 g/mol. The zero-order valence-electron chi connectivity index (χ0n) is 15.2. The smallest absolute Gasteiger partial charge is 0.336 e. The molecular formula is C20H17N3O4S. The van der Waals surface area contributed by atoms with Gasteiger partial charge >= 0.3 is 5.63 Å². The number of anilines is 1. The highest BCUT2D eigenvalue weighted by Gasteiger charge is 2.18. The van der Waals surface area contributed by atoms with E-state index in [1.165, 1.54) is 30.3 Å². The number of aryl methyl sites for hydroxylation is 2. The maximum absolute atomic E-state index is 13.0. The SMILES string of the molecule is Cc1cc(C)n(-c2ccccc2NS(=O)(=O)c2ccc3oc(=O)ccc3c2)n1. The molecule has 2 aromatic carbocycles. The molecule has 0 aliphatic heterocycles. The van der Waals surface area contributed by atoms with E-state index >= 15 is 0 Å². The summed E-state index contributed by atoms with van der Waals surface area (Å²) in [5.41, 5.74) is 2.61. The summed E-state index contributed by atoms with van der Waals surface area (Å²) in [6, 6.07) is 16.1. The van der Waals surface area contributed by atoms with E-state index < -0.39 is 15.6 Å². The van der Waals surface area contributed by atoms with Crippen LogP contribution in [0.1, 0.15) is 11.4 Å². The van der Waals surface area contributed by atoms with Crippen LogP contribution in [0.4, 0.5) is 5.69 Å². The minimum absolute atomic E-state index is 0.0667. The molecule has 2 aromatic heterocycles. The lowest BCUT2D eigenvalue weighted by molar-refractivity contribution is 0.560.